The van der Waals surface area contributed by atoms with Crippen molar-refractivity contribution < 1.29 is 10.2 Å². The Balaban J connectivity index is 1.54. The molecule has 0 bridgehead atoms. The van der Waals surface area contributed by atoms with Crippen LogP contribution >= 0.6 is 0 Å². The summed E-state index contributed by atoms with van der Waals surface area (Å²) >= 11 is 0. The maximum absolute atomic E-state index is 11.1. The normalized spacial score (nSPS) is 27.3. The molecular formula is C21H22O2. The molecule has 1 spiro atoms. The maximum Gasteiger partial charge on any atom is 0.0858 e. The number of benzene rings is 2. The molecule has 2 heteroatoms. The van der Waals surface area contributed by atoms with Gasteiger partial charge in [0.2, 0.25) is 0 Å². The van der Waals surface area contributed by atoms with Gasteiger partial charge in [0.05, 0.1) is 12.7 Å². The summed E-state index contributed by atoms with van der Waals surface area (Å²) in [4.78, 5) is 0. The van der Waals surface area contributed by atoms with E-state index in [1.54, 1.807) is 0 Å². The van der Waals surface area contributed by atoms with Crippen LogP contribution in [0.15, 0.2) is 30.3 Å². The molecule has 0 aromatic heterocycles. The van der Waals surface area contributed by atoms with Gasteiger partial charge in [-0.1, -0.05) is 30.3 Å². The van der Waals surface area contributed by atoms with E-state index < -0.39 is 0 Å². The van der Waals surface area contributed by atoms with E-state index in [2.05, 4.69) is 24.3 Å². The minimum Gasteiger partial charge on any atom is -0.392 e. The summed E-state index contributed by atoms with van der Waals surface area (Å²) in [6, 6.07) is 10.9. The lowest BCUT2D eigenvalue weighted by atomic mass is 9.79. The van der Waals surface area contributed by atoms with Crippen molar-refractivity contribution in [3.05, 3.63) is 69.3 Å². The van der Waals surface area contributed by atoms with E-state index in [1.807, 2.05) is 6.07 Å². The fourth-order valence-corrected chi connectivity index (χ4v) is 5.16. The van der Waals surface area contributed by atoms with Crippen LogP contribution in [0.3, 0.4) is 0 Å². The number of rotatable bonds is 1. The van der Waals surface area contributed by atoms with Crippen LogP contribution in [0.2, 0.25) is 0 Å². The first-order chi connectivity index (χ1) is 11.2. The topological polar surface area (TPSA) is 40.5 Å². The average Bonchev–Trinajstić information content (AvgIpc) is 3.22. The number of hydrogen-bond donors (Lipinski definition) is 2. The zero-order valence-corrected chi connectivity index (χ0v) is 13.3. The lowest BCUT2D eigenvalue weighted by Gasteiger charge is -2.27. The lowest BCUT2D eigenvalue weighted by molar-refractivity contribution is 0.0464. The molecule has 0 fully saturated rings. The van der Waals surface area contributed by atoms with Crippen LogP contribution in [-0.2, 0) is 38.7 Å². The third-order valence-corrected chi connectivity index (χ3v) is 6.31. The lowest BCUT2D eigenvalue weighted by Crippen LogP contribution is -2.26. The second kappa shape index (κ2) is 4.68. The van der Waals surface area contributed by atoms with E-state index in [1.165, 1.54) is 52.6 Å². The highest BCUT2D eigenvalue weighted by Crippen LogP contribution is 2.54. The smallest absolute Gasteiger partial charge is 0.0858 e. The van der Waals surface area contributed by atoms with Gasteiger partial charge in [-0.05, 0) is 77.5 Å². The van der Waals surface area contributed by atoms with Gasteiger partial charge in [0.25, 0.3) is 0 Å². The van der Waals surface area contributed by atoms with Gasteiger partial charge in [-0.2, -0.15) is 0 Å². The molecule has 23 heavy (non-hydrogen) atoms. The first-order valence-electron chi connectivity index (χ1n) is 8.73. The van der Waals surface area contributed by atoms with E-state index in [4.69, 9.17) is 0 Å². The van der Waals surface area contributed by atoms with Gasteiger partial charge >= 0.3 is 0 Å². The van der Waals surface area contributed by atoms with Crippen molar-refractivity contribution in [2.75, 3.05) is 0 Å². The van der Waals surface area contributed by atoms with E-state index in [0.29, 0.717) is 0 Å². The number of aryl methyl sites for hydroxylation is 2. The Morgan fingerprint density at radius 2 is 1.61 bits per heavy atom. The summed E-state index contributed by atoms with van der Waals surface area (Å²) in [5.74, 6) is 0. The van der Waals surface area contributed by atoms with Crippen LogP contribution in [0.5, 0.6) is 0 Å². The van der Waals surface area contributed by atoms with Crippen LogP contribution in [0.25, 0.3) is 0 Å². The Hall–Kier alpha value is -1.64. The van der Waals surface area contributed by atoms with Gasteiger partial charge < -0.3 is 10.2 Å². The second-order valence-corrected chi connectivity index (χ2v) is 7.73. The molecule has 2 aromatic carbocycles. The van der Waals surface area contributed by atoms with Gasteiger partial charge in [-0.15, -0.1) is 0 Å². The van der Waals surface area contributed by atoms with Gasteiger partial charge in [-0.25, -0.2) is 0 Å². The Bertz CT molecular complexity index is 808. The number of aliphatic hydroxyl groups excluding tert-OH is 2. The molecule has 2 atom stereocenters. The van der Waals surface area contributed by atoms with Crippen molar-refractivity contribution in [2.45, 2.75) is 51.2 Å². The number of fused-ring (bicyclic) bond motifs is 3. The number of hydrogen-bond acceptors (Lipinski definition) is 2. The molecule has 2 unspecified atom stereocenters. The molecule has 3 aliphatic carbocycles. The van der Waals surface area contributed by atoms with Crippen LogP contribution in [0.4, 0.5) is 0 Å². The molecule has 2 N–H and O–H groups in total. The van der Waals surface area contributed by atoms with Crippen LogP contribution in [0, 0.1) is 5.41 Å². The van der Waals surface area contributed by atoms with Crippen LogP contribution in [0.1, 0.15) is 51.5 Å². The fourth-order valence-electron chi connectivity index (χ4n) is 5.16. The minimum absolute atomic E-state index is 0.0617. The van der Waals surface area contributed by atoms with Gasteiger partial charge in [0.1, 0.15) is 0 Å². The molecule has 0 saturated carbocycles. The predicted octanol–water partition coefficient (Wildman–Crippen LogP) is 3.04. The predicted molar refractivity (Wildman–Crippen MR) is 89.3 cm³/mol. The second-order valence-electron chi connectivity index (χ2n) is 7.73. The largest absolute Gasteiger partial charge is 0.392 e. The Morgan fingerprint density at radius 3 is 2.43 bits per heavy atom. The quantitative estimate of drug-likeness (QED) is 0.850. The average molecular weight is 306 g/mol. The van der Waals surface area contributed by atoms with E-state index in [9.17, 15) is 10.2 Å². The third kappa shape index (κ3) is 1.88. The van der Waals surface area contributed by atoms with Crippen molar-refractivity contribution in [3.63, 3.8) is 0 Å². The zero-order valence-electron chi connectivity index (χ0n) is 13.3. The summed E-state index contributed by atoms with van der Waals surface area (Å²) in [6.45, 7) is 0.0930. The first kappa shape index (κ1) is 13.8. The molecule has 0 aliphatic heterocycles. The van der Waals surface area contributed by atoms with Crippen molar-refractivity contribution in [3.8, 4) is 0 Å². The van der Waals surface area contributed by atoms with E-state index >= 15 is 0 Å². The molecule has 0 amide bonds. The van der Waals surface area contributed by atoms with Crippen molar-refractivity contribution in [1.82, 2.24) is 0 Å². The highest BCUT2D eigenvalue weighted by Gasteiger charge is 2.49. The van der Waals surface area contributed by atoms with E-state index in [-0.39, 0.29) is 18.1 Å². The third-order valence-electron chi connectivity index (χ3n) is 6.31. The fraction of sp³-hybridized carbons (Fsp3) is 0.429. The molecule has 0 radical (unpaired) electrons. The summed E-state index contributed by atoms with van der Waals surface area (Å²) in [6.07, 6.45) is 6.14. The maximum atomic E-state index is 11.1. The van der Waals surface area contributed by atoms with Crippen molar-refractivity contribution in [2.24, 2.45) is 5.41 Å². The highest BCUT2D eigenvalue weighted by molar-refractivity contribution is 5.49. The summed E-state index contributed by atoms with van der Waals surface area (Å²) < 4.78 is 0. The highest BCUT2D eigenvalue weighted by atomic mass is 16.3. The zero-order chi connectivity index (χ0) is 15.6. The minimum atomic E-state index is -0.353. The SMILES string of the molecule is OCc1ccc2c(c1)CC1(C2)Cc2cc3c(cc2C1O)CCC3. The molecule has 2 nitrogen and oxygen atoms in total. The van der Waals surface area contributed by atoms with Gasteiger partial charge in [-0.3, -0.25) is 0 Å². The molecule has 2 aromatic rings. The summed E-state index contributed by atoms with van der Waals surface area (Å²) in [5.41, 5.74) is 9.09. The molecule has 3 aliphatic rings. The standard InChI is InChI=1S/C21H22O2/c22-12-13-4-5-16-9-21(10-17(16)6-13)11-18-7-14-2-1-3-15(14)8-19(18)20(21)23/h4-8,20,22-23H,1-3,9-12H2. The van der Waals surface area contributed by atoms with Gasteiger partial charge in [0.15, 0.2) is 0 Å². The first-order valence-corrected chi connectivity index (χ1v) is 8.73. The van der Waals surface area contributed by atoms with Crippen LogP contribution < -0.4 is 0 Å². The van der Waals surface area contributed by atoms with Crippen molar-refractivity contribution in [1.29, 1.82) is 0 Å². The van der Waals surface area contributed by atoms with Crippen molar-refractivity contribution >= 4 is 0 Å². The molecule has 0 saturated heterocycles. The Morgan fingerprint density at radius 1 is 0.870 bits per heavy atom. The van der Waals surface area contributed by atoms with E-state index in [0.717, 1.165) is 24.8 Å². The number of aliphatic hydroxyl groups is 2. The summed E-state index contributed by atoms with van der Waals surface area (Å²) in [7, 11) is 0. The molecule has 5 rings (SSSR count). The molecule has 118 valence electrons. The Labute approximate surface area is 136 Å². The van der Waals surface area contributed by atoms with Gasteiger partial charge in [0, 0.05) is 5.41 Å². The summed E-state index contributed by atoms with van der Waals surface area (Å²) in [5, 5.41) is 20.5. The Kier molecular flexibility index (Phi) is 2.80. The van der Waals surface area contributed by atoms with Crippen LogP contribution in [-0.4, -0.2) is 10.2 Å². The monoisotopic (exact) mass is 306 g/mol. The molecular weight excluding hydrogens is 284 g/mol. The molecule has 0 heterocycles.